The van der Waals surface area contributed by atoms with Gasteiger partial charge >= 0.3 is 0 Å². The Balaban J connectivity index is 2.60. The van der Waals surface area contributed by atoms with Gasteiger partial charge < -0.3 is 9.52 Å². The maximum Gasteiger partial charge on any atom is 0.271 e. The van der Waals surface area contributed by atoms with Crippen LogP contribution in [0.3, 0.4) is 0 Å². The van der Waals surface area contributed by atoms with Gasteiger partial charge in [-0.25, -0.2) is 8.78 Å². The quantitative estimate of drug-likeness (QED) is 0.900. The molecule has 0 bridgehead atoms. The summed E-state index contributed by atoms with van der Waals surface area (Å²) < 4.78 is 30.4. The number of halogens is 3. The molecule has 1 unspecified atom stereocenters. The summed E-state index contributed by atoms with van der Waals surface area (Å²) in [5.41, 5.74) is 0. The molecule has 0 saturated heterocycles. The summed E-state index contributed by atoms with van der Waals surface area (Å²) in [4.78, 5) is 0. The van der Waals surface area contributed by atoms with Crippen LogP contribution in [0.5, 0.6) is 0 Å². The van der Waals surface area contributed by atoms with Gasteiger partial charge in [-0.1, -0.05) is 0 Å². The van der Waals surface area contributed by atoms with Gasteiger partial charge in [-0.3, -0.25) is 0 Å². The average molecular weight is 255 g/mol. The fourth-order valence-electron chi connectivity index (χ4n) is 0.831. The van der Waals surface area contributed by atoms with Gasteiger partial charge in [0.05, 0.1) is 0 Å². The van der Waals surface area contributed by atoms with Crippen LogP contribution < -0.4 is 0 Å². The van der Waals surface area contributed by atoms with Crippen molar-refractivity contribution >= 4 is 15.9 Å². The van der Waals surface area contributed by atoms with E-state index in [4.69, 9.17) is 9.52 Å². The van der Waals surface area contributed by atoms with Crippen LogP contribution in [0.15, 0.2) is 21.2 Å². The molecule has 0 amide bonds. The van der Waals surface area contributed by atoms with Gasteiger partial charge in [0.25, 0.3) is 5.92 Å². The molecule has 0 spiro atoms. The van der Waals surface area contributed by atoms with Gasteiger partial charge in [0, 0.05) is 13.3 Å². The van der Waals surface area contributed by atoms with Crippen molar-refractivity contribution < 1.29 is 18.3 Å². The van der Waals surface area contributed by atoms with E-state index in [1.165, 1.54) is 0 Å². The van der Waals surface area contributed by atoms with Crippen molar-refractivity contribution in [2.75, 3.05) is 0 Å². The first-order valence-corrected chi connectivity index (χ1v) is 4.49. The van der Waals surface area contributed by atoms with Crippen molar-refractivity contribution in [3.8, 4) is 0 Å². The van der Waals surface area contributed by atoms with Crippen molar-refractivity contribution in [2.45, 2.75) is 25.4 Å². The third-order valence-corrected chi connectivity index (χ3v) is 2.03. The number of aliphatic hydroxyl groups is 1. The molecule has 0 aliphatic rings. The number of hydrogen-bond donors (Lipinski definition) is 1. The SMILES string of the molecule is CC(F)(F)C(O)Cc1ccc(Br)o1. The zero-order valence-electron chi connectivity index (χ0n) is 6.93. The molecular weight excluding hydrogens is 246 g/mol. The smallest absolute Gasteiger partial charge is 0.271 e. The third kappa shape index (κ3) is 3.08. The van der Waals surface area contributed by atoms with Gasteiger partial charge in [0.1, 0.15) is 11.9 Å². The first kappa shape index (κ1) is 10.7. The predicted molar refractivity (Wildman–Crippen MR) is 46.7 cm³/mol. The Morgan fingerprint density at radius 2 is 2.23 bits per heavy atom. The second-order valence-electron chi connectivity index (χ2n) is 2.88. The second-order valence-corrected chi connectivity index (χ2v) is 3.66. The fraction of sp³-hybridized carbons (Fsp3) is 0.500. The highest BCUT2D eigenvalue weighted by molar-refractivity contribution is 9.10. The number of rotatable bonds is 3. The van der Waals surface area contributed by atoms with Crippen LogP contribution in [0.2, 0.25) is 0 Å². The minimum absolute atomic E-state index is 0.185. The van der Waals surface area contributed by atoms with Gasteiger partial charge in [-0.2, -0.15) is 0 Å². The van der Waals surface area contributed by atoms with Crippen molar-refractivity contribution in [3.05, 3.63) is 22.6 Å². The zero-order chi connectivity index (χ0) is 10.1. The van der Waals surface area contributed by atoms with Crippen molar-refractivity contribution in [1.82, 2.24) is 0 Å². The lowest BCUT2D eigenvalue weighted by molar-refractivity contribution is -0.0937. The van der Waals surface area contributed by atoms with Gasteiger partial charge in [-0.05, 0) is 28.1 Å². The summed E-state index contributed by atoms with van der Waals surface area (Å²) in [6, 6.07) is 3.13. The van der Waals surface area contributed by atoms with E-state index in [1.54, 1.807) is 12.1 Å². The molecule has 1 aromatic heterocycles. The summed E-state index contributed by atoms with van der Waals surface area (Å²) >= 11 is 3.04. The van der Waals surface area contributed by atoms with Crippen LogP contribution in [-0.4, -0.2) is 17.1 Å². The van der Waals surface area contributed by atoms with Crippen molar-refractivity contribution in [2.24, 2.45) is 0 Å². The van der Waals surface area contributed by atoms with Crippen LogP contribution in [0, 0.1) is 0 Å². The van der Waals surface area contributed by atoms with E-state index >= 15 is 0 Å². The van der Waals surface area contributed by atoms with E-state index in [1.807, 2.05) is 0 Å². The number of aliphatic hydroxyl groups excluding tert-OH is 1. The number of hydrogen-bond acceptors (Lipinski definition) is 2. The molecule has 1 aromatic rings. The number of furan rings is 1. The van der Waals surface area contributed by atoms with Crippen LogP contribution in [0.25, 0.3) is 0 Å². The van der Waals surface area contributed by atoms with E-state index in [2.05, 4.69) is 15.9 Å². The largest absolute Gasteiger partial charge is 0.454 e. The molecule has 1 heterocycles. The Morgan fingerprint density at radius 1 is 1.62 bits per heavy atom. The maximum absolute atomic E-state index is 12.5. The Kier molecular flexibility index (Phi) is 3.08. The average Bonchev–Trinajstić information content (AvgIpc) is 2.33. The van der Waals surface area contributed by atoms with E-state index in [0.29, 0.717) is 17.4 Å². The van der Waals surface area contributed by atoms with Crippen LogP contribution in [0.4, 0.5) is 8.78 Å². The minimum atomic E-state index is -3.10. The zero-order valence-corrected chi connectivity index (χ0v) is 8.51. The molecule has 5 heteroatoms. The maximum atomic E-state index is 12.5. The topological polar surface area (TPSA) is 33.4 Å². The fourth-order valence-corrected chi connectivity index (χ4v) is 1.17. The first-order valence-electron chi connectivity index (χ1n) is 3.69. The number of alkyl halides is 2. The molecule has 13 heavy (non-hydrogen) atoms. The van der Waals surface area contributed by atoms with E-state index in [-0.39, 0.29) is 6.42 Å². The van der Waals surface area contributed by atoms with Gasteiger partial charge in [0.2, 0.25) is 0 Å². The molecule has 1 N–H and O–H groups in total. The summed E-state index contributed by atoms with van der Waals surface area (Å²) in [5.74, 6) is -2.76. The molecule has 0 fully saturated rings. The van der Waals surface area contributed by atoms with Crippen LogP contribution in [-0.2, 0) is 6.42 Å². The Labute approximate surface area is 82.7 Å². The normalized spacial score (nSPS) is 14.5. The highest BCUT2D eigenvalue weighted by Crippen LogP contribution is 2.22. The Hall–Kier alpha value is -0.420. The van der Waals surface area contributed by atoms with Crippen molar-refractivity contribution in [3.63, 3.8) is 0 Å². The molecule has 0 aromatic carbocycles. The molecule has 1 atom stereocenters. The van der Waals surface area contributed by atoms with E-state index < -0.39 is 12.0 Å². The van der Waals surface area contributed by atoms with Crippen LogP contribution in [0.1, 0.15) is 12.7 Å². The van der Waals surface area contributed by atoms with Gasteiger partial charge in [0.15, 0.2) is 4.67 Å². The predicted octanol–water partition coefficient (Wildman–Crippen LogP) is 2.60. The summed E-state index contributed by atoms with van der Waals surface area (Å²) in [5, 5.41) is 9.02. The lowest BCUT2D eigenvalue weighted by atomic mass is 10.1. The highest BCUT2D eigenvalue weighted by atomic mass is 79.9. The van der Waals surface area contributed by atoms with Gasteiger partial charge in [-0.15, -0.1) is 0 Å². The van der Waals surface area contributed by atoms with E-state index in [9.17, 15) is 8.78 Å². The summed E-state index contributed by atoms with van der Waals surface area (Å²) in [6.07, 6.45) is -1.89. The molecular formula is C8H9BrF2O2. The third-order valence-electron chi connectivity index (χ3n) is 1.61. The molecule has 1 rings (SSSR count). The molecule has 0 aliphatic heterocycles. The molecule has 2 nitrogen and oxygen atoms in total. The second kappa shape index (κ2) is 3.75. The Bertz CT molecular complexity index is 280. The first-order chi connectivity index (χ1) is 5.89. The van der Waals surface area contributed by atoms with E-state index in [0.717, 1.165) is 0 Å². The monoisotopic (exact) mass is 254 g/mol. The highest BCUT2D eigenvalue weighted by Gasteiger charge is 2.32. The molecule has 74 valence electrons. The molecule has 0 radical (unpaired) electrons. The molecule has 0 saturated carbocycles. The Morgan fingerprint density at radius 3 is 2.62 bits per heavy atom. The van der Waals surface area contributed by atoms with Crippen molar-refractivity contribution in [1.29, 1.82) is 0 Å². The summed E-state index contributed by atoms with van der Waals surface area (Å²) in [6.45, 7) is 0.676. The molecule has 0 aliphatic carbocycles. The lowest BCUT2D eigenvalue weighted by Crippen LogP contribution is -2.31. The summed E-state index contributed by atoms with van der Waals surface area (Å²) in [7, 11) is 0. The van der Waals surface area contributed by atoms with Crippen LogP contribution >= 0.6 is 15.9 Å². The lowest BCUT2D eigenvalue weighted by Gasteiger charge is -2.16. The standard InChI is InChI=1S/C8H9BrF2O2/c1-8(10,11)6(12)4-5-2-3-7(9)13-5/h2-3,6,12H,4H2,1H3. The minimum Gasteiger partial charge on any atom is -0.454 e.